The summed E-state index contributed by atoms with van der Waals surface area (Å²) in [5.41, 5.74) is 2.55. The summed E-state index contributed by atoms with van der Waals surface area (Å²) < 4.78 is 26.8. The fraction of sp³-hybridized carbons (Fsp3) is 0.364. The molecule has 0 saturated heterocycles. The molecule has 0 bridgehead atoms. The molecule has 1 aromatic carbocycles. The molecule has 0 aliphatic carbocycles. The van der Waals surface area contributed by atoms with Gasteiger partial charge in [0.2, 0.25) is 5.96 Å². The number of aliphatic imine (C=N–C) groups is 1. The van der Waals surface area contributed by atoms with Crippen molar-refractivity contribution >= 4 is 11.6 Å². The molecule has 0 aromatic heterocycles. The van der Waals surface area contributed by atoms with Gasteiger partial charge in [-0.15, -0.1) is 0 Å². The number of rotatable bonds is 3. The molecule has 0 radical (unpaired) electrons. The number of hydrogen-bond donors (Lipinski definition) is 3. The summed E-state index contributed by atoms with van der Waals surface area (Å²) in [7, 11) is 0. The summed E-state index contributed by atoms with van der Waals surface area (Å²) in [5.74, 6) is 4.38. The molecule has 4 nitrogen and oxygen atoms in total. The van der Waals surface area contributed by atoms with E-state index in [0.717, 1.165) is 18.6 Å². The molecular weight excluding hydrogens is 226 g/mol. The van der Waals surface area contributed by atoms with Crippen molar-refractivity contribution in [3.05, 3.63) is 29.3 Å². The lowest BCUT2D eigenvalue weighted by molar-refractivity contribution is 0.595. The van der Waals surface area contributed by atoms with Gasteiger partial charge < -0.3 is 5.32 Å². The Morgan fingerprint density at radius 2 is 2.06 bits per heavy atom. The lowest BCUT2D eigenvalue weighted by atomic mass is 10.2. The van der Waals surface area contributed by atoms with E-state index in [1.165, 1.54) is 6.92 Å². The molecule has 6 heteroatoms. The number of nitrogens with one attached hydrogen (secondary N) is 2. The van der Waals surface area contributed by atoms with E-state index in [2.05, 4.69) is 15.7 Å². The highest BCUT2D eigenvalue weighted by atomic mass is 19.1. The van der Waals surface area contributed by atoms with Gasteiger partial charge in [0.1, 0.15) is 11.6 Å². The van der Waals surface area contributed by atoms with E-state index in [9.17, 15) is 8.78 Å². The fourth-order valence-electron chi connectivity index (χ4n) is 1.21. The first kappa shape index (κ1) is 13.4. The van der Waals surface area contributed by atoms with E-state index in [-0.39, 0.29) is 17.2 Å². The average Bonchev–Trinajstić information content (AvgIpc) is 2.30. The quantitative estimate of drug-likeness (QED) is 0.328. The highest BCUT2D eigenvalue weighted by Crippen LogP contribution is 2.18. The monoisotopic (exact) mass is 242 g/mol. The van der Waals surface area contributed by atoms with Crippen molar-refractivity contribution in [2.75, 3.05) is 11.9 Å². The smallest absolute Gasteiger partial charge is 0.210 e. The number of halogens is 2. The van der Waals surface area contributed by atoms with Crippen LogP contribution in [0.1, 0.15) is 18.9 Å². The minimum absolute atomic E-state index is 0.000836. The average molecular weight is 242 g/mol. The lowest BCUT2D eigenvalue weighted by Crippen LogP contribution is -2.36. The van der Waals surface area contributed by atoms with Crippen LogP contribution in [0.25, 0.3) is 0 Å². The Bertz CT molecular complexity index is 418. The van der Waals surface area contributed by atoms with E-state index in [1.807, 2.05) is 6.92 Å². The van der Waals surface area contributed by atoms with Gasteiger partial charge in [-0.3, -0.25) is 10.4 Å². The van der Waals surface area contributed by atoms with Crippen molar-refractivity contribution in [3.63, 3.8) is 0 Å². The standard InChI is InChI=1S/C11H16F2N4/c1-3-4-15-11(17-14)16-10-6-8(12)7(2)5-9(10)13/h5-6H,3-4,14H2,1-2H3,(H2,15,16,17). The normalized spacial score (nSPS) is 11.5. The van der Waals surface area contributed by atoms with Crippen LogP contribution in [0.2, 0.25) is 0 Å². The summed E-state index contributed by atoms with van der Waals surface area (Å²) in [5, 5.41) is 2.60. The van der Waals surface area contributed by atoms with Crippen LogP contribution in [0, 0.1) is 18.6 Å². The maximum Gasteiger partial charge on any atom is 0.210 e. The zero-order valence-electron chi connectivity index (χ0n) is 9.85. The van der Waals surface area contributed by atoms with Crippen molar-refractivity contribution in [2.45, 2.75) is 20.3 Å². The summed E-state index contributed by atoms with van der Waals surface area (Å²) >= 11 is 0. The molecule has 0 spiro atoms. The van der Waals surface area contributed by atoms with Crippen LogP contribution in [0.5, 0.6) is 0 Å². The molecule has 0 fully saturated rings. The van der Waals surface area contributed by atoms with Crippen LogP contribution in [0.4, 0.5) is 14.5 Å². The van der Waals surface area contributed by atoms with Gasteiger partial charge in [0.25, 0.3) is 0 Å². The van der Waals surface area contributed by atoms with Gasteiger partial charge in [0.05, 0.1) is 5.69 Å². The number of hydrogen-bond acceptors (Lipinski definition) is 2. The van der Waals surface area contributed by atoms with Gasteiger partial charge in [-0.25, -0.2) is 14.6 Å². The second kappa shape index (κ2) is 6.15. The Morgan fingerprint density at radius 1 is 1.35 bits per heavy atom. The van der Waals surface area contributed by atoms with Gasteiger partial charge in [0, 0.05) is 12.6 Å². The number of aryl methyl sites for hydroxylation is 1. The van der Waals surface area contributed by atoms with Crippen molar-refractivity contribution in [2.24, 2.45) is 10.8 Å². The zero-order chi connectivity index (χ0) is 12.8. The number of nitrogens with zero attached hydrogens (tertiary/aromatic N) is 1. The van der Waals surface area contributed by atoms with E-state index in [0.29, 0.717) is 6.54 Å². The Kier molecular flexibility index (Phi) is 4.84. The van der Waals surface area contributed by atoms with Crippen molar-refractivity contribution < 1.29 is 8.78 Å². The largest absolute Gasteiger partial charge is 0.323 e. The Balaban J connectivity index is 2.90. The van der Waals surface area contributed by atoms with Crippen LogP contribution >= 0.6 is 0 Å². The molecule has 0 amide bonds. The van der Waals surface area contributed by atoms with Crippen molar-refractivity contribution in [1.29, 1.82) is 0 Å². The number of guanidine groups is 1. The molecule has 0 unspecified atom stereocenters. The molecule has 4 N–H and O–H groups in total. The summed E-state index contributed by atoms with van der Waals surface area (Å²) in [6.45, 7) is 3.99. The molecule has 1 aromatic rings. The van der Waals surface area contributed by atoms with E-state index in [4.69, 9.17) is 5.84 Å². The van der Waals surface area contributed by atoms with E-state index < -0.39 is 11.6 Å². The van der Waals surface area contributed by atoms with Crippen LogP contribution in [-0.2, 0) is 0 Å². The predicted octanol–water partition coefficient (Wildman–Crippen LogP) is 1.91. The van der Waals surface area contributed by atoms with Crippen LogP contribution < -0.4 is 16.6 Å². The highest BCUT2D eigenvalue weighted by molar-refractivity contribution is 5.93. The maximum absolute atomic E-state index is 13.5. The van der Waals surface area contributed by atoms with E-state index >= 15 is 0 Å². The first-order valence-electron chi connectivity index (χ1n) is 5.32. The van der Waals surface area contributed by atoms with Crippen LogP contribution in [0.15, 0.2) is 17.1 Å². The Hall–Kier alpha value is -1.69. The summed E-state index contributed by atoms with van der Waals surface area (Å²) in [4.78, 5) is 4.03. The van der Waals surface area contributed by atoms with Gasteiger partial charge in [-0.1, -0.05) is 6.92 Å². The summed E-state index contributed by atoms with van der Waals surface area (Å²) in [6, 6.07) is 2.19. The molecule has 1 rings (SSSR count). The molecule has 17 heavy (non-hydrogen) atoms. The van der Waals surface area contributed by atoms with Crippen LogP contribution in [-0.4, -0.2) is 12.5 Å². The second-order valence-electron chi connectivity index (χ2n) is 3.58. The first-order chi connectivity index (χ1) is 8.08. The third-order valence-corrected chi connectivity index (χ3v) is 2.13. The van der Waals surface area contributed by atoms with E-state index in [1.54, 1.807) is 0 Å². The van der Waals surface area contributed by atoms with Gasteiger partial charge in [-0.2, -0.15) is 0 Å². The number of anilines is 1. The predicted molar refractivity (Wildman–Crippen MR) is 64.6 cm³/mol. The third-order valence-electron chi connectivity index (χ3n) is 2.13. The Labute approximate surface area is 98.9 Å². The van der Waals surface area contributed by atoms with Gasteiger partial charge >= 0.3 is 0 Å². The maximum atomic E-state index is 13.5. The first-order valence-corrected chi connectivity index (χ1v) is 5.32. The third kappa shape index (κ3) is 3.67. The molecular formula is C11H16F2N4. The zero-order valence-corrected chi connectivity index (χ0v) is 9.85. The van der Waals surface area contributed by atoms with Crippen LogP contribution in [0.3, 0.4) is 0 Å². The van der Waals surface area contributed by atoms with Gasteiger partial charge in [0.15, 0.2) is 0 Å². The molecule has 0 aliphatic heterocycles. The molecule has 0 aliphatic rings. The molecule has 94 valence electrons. The fourth-order valence-corrected chi connectivity index (χ4v) is 1.21. The number of hydrazine groups is 1. The highest BCUT2D eigenvalue weighted by Gasteiger charge is 2.08. The lowest BCUT2D eigenvalue weighted by Gasteiger charge is -2.10. The molecule has 0 atom stereocenters. The Morgan fingerprint density at radius 3 is 2.65 bits per heavy atom. The SMILES string of the molecule is CCCN=C(NN)Nc1cc(F)c(C)cc1F. The molecule has 0 heterocycles. The topological polar surface area (TPSA) is 62.4 Å². The minimum atomic E-state index is -0.552. The summed E-state index contributed by atoms with van der Waals surface area (Å²) in [6.07, 6.45) is 0.831. The second-order valence-corrected chi connectivity index (χ2v) is 3.58. The van der Waals surface area contributed by atoms with Gasteiger partial charge in [-0.05, 0) is 25.0 Å². The van der Waals surface area contributed by atoms with Crippen molar-refractivity contribution in [1.82, 2.24) is 5.43 Å². The number of nitrogens with two attached hydrogens (primary N) is 1. The minimum Gasteiger partial charge on any atom is -0.323 e. The number of benzene rings is 1. The molecule has 0 saturated carbocycles. The van der Waals surface area contributed by atoms with Crippen molar-refractivity contribution in [3.8, 4) is 0 Å².